The lowest BCUT2D eigenvalue weighted by atomic mass is 10.1. The number of aliphatic hydroxyl groups excluding tert-OH is 1. The van der Waals surface area contributed by atoms with Gasteiger partial charge in [-0.2, -0.15) is 5.10 Å². The number of rotatable bonds is 6. The normalized spacial score (nSPS) is 11.9. The fourth-order valence-corrected chi connectivity index (χ4v) is 2.52. The third-order valence-corrected chi connectivity index (χ3v) is 3.88. The van der Waals surface area contributed by atoms with E-state index in [4.69, 9.17) is 4.74 Å². The number of hydrogen-bond donors (Lipinski definition) is 1. The molecule has 1 aromatic heterocycles. The molecular weight excluding hydrogens is 322 g/mol. The standard InChI is InChI=1S/C18H17N3O4/c1-25-17-4-2-3-14(9-17)18(22)12-20-11-15(10-19-20)13-5-7-16(8-6-13)21(23)24/h2-11,18,22H,12H2,1H3/t18-/m0/s1. The third-order valence-electron chi connectivity index (χ3n) is 3.88. The van der Waals surface area contributed by atoms with Crippen LogP contribution in [0.2, 0.25) is 0 Å². The quantitative estimate of drug-likeness (QED) is 0.550. The van der Waals surface area contributed by atoms with Crippen molar-refractivity contribution in [2.75, 3.05) is 7.11 Å². The van der Waals surface area contributed by atoms with Gasteiger partial charge in [-0.15, -0.1) is 0 Å². The first-order valence-corrected chi connectivity index (χ1v) is 7.66. The summed E-state index contributed by atoms with van der Waals surface area (Å²) in [6.07, 6.45) is 2.74. The molecule has 3 aromatic rings. The van der Waals surface area contributed by atoms with Gasteiger partial charge in [0.15, 0.2) is 0 Å². The van der Waals surface area contributed by atoms with Crippen molar-refractivity contribution >= 4 is 5.69 Å². The zero-order chi connectivity index (χ0) is 17.8. The summed E-state index contributed by atoms with van der Waals surface area (Å²) >= 11 is 0. The maximum Gasteiger partial charge on any atom is 0.269 e. The van der Waals surface area contributed by atoms with Crippen LogP contribution in [0.4, 0.5) is 5.69 Å². The zero-order valence-corrected chi connectivity index (χ0v) is 13.6. The van der Waals surface area contributed by atoms with Crippen molar-refractivity contribution in [2.24, 2.45) is 0 Å². The zero-order valence-electron chi connectivity index (χ0n) is 13.6. The van der Waals surface area contributed by atoms with Crippen LogP contribution in [0.15, 0.2) is 60.9 Å². The Kier molecular flexibility index (Phi) is 4.76. The molecule has 0 bridgehead atoms. The summed E-state index contributed by atoms with van der Waals surface area (Å²) in [5.74, 6) is 0.684. The molecule has 0 saturated heterocycles. The molecule has 0 spiro atoms. The number of aromatic nitrogens is 2. The maximum absolute atomic E-state index is 10.7. The molecule has 0 saturated carbocycles. The van der Waals surface area contributed by atoms with Crippen molar-refractivity contribution in [1.29, 1.82) is 0 Å². The summed E-state index contributed by atoms with van der Waals surface area (Å²) in [4.78, 5) is 10.3. The molecule has 3 rings (SSSR count). The molecule has 1 heterocycles. The van der Waals surface area contributed by atoms with Gasteiger partial charge in [-0.3, -0.25) is 14.8 Å². The van der Waals surface area contributed by atoms with Crippen LogP contribution in [0.3, 0.4) is 0 Å². The average Bonchev–Trinajstić information content (AvgIpc) is 3.10. The molecule has 0 fully saturated rings. The van der Waals surface area contributed by atoms with Crippen LogP contribution in [0, 0.1) is 10.1 Å². The van der Waals surface area contributed by atoms with Gasteiger partial charge in [0.05, 0.1) is 30.9 Å². The minimum Gasteiger partial charge on any atom is -0.497 e. The second kappa shape index (κ2) is 7.14. The highest BCUT2D eigenvalue weighted by Crippen LogP contribution is 2.24. The Morgan fingerprint density at radius 1 is 1.24 bits per heavy atom. The number of aliphatic hydroxyl groups is 1. The smallest absolute Gasteiger partial charge is 0.269 e. The van der Waals surface area contributed by atoms with Gasteiger partial charge in [-0.1, -0.05) is 12.1 Å². The van der Waals surface area contributed by atoms with Crippen LogP contribution in [-0.2, 0) is 6.54 Å². The fraction of sp³-hybridized carbons (Fsp3) is 0.167. The Bertz CT molecular complexity index is 874. The molecule has 0 unspecified atom stereocenters. The lowest BCUT2D eigenvalue weighted by molar-refractivity contribution is -0.384. The van der Waals surface area contributed by atoms with Gasteiger partial charge >= 0.3 is 0 Å². The molecule has 128 valence electrons. The van der Waals surface area contributed by atoms with E-state index in [0.29, 0.717) is 12.3 Å². The predicted molar refractivity (Wildman–Crippen MR) is 92.3 cm³/mol. The highest BCUT2D eigenvalue weighted by Gasteiger charge is 2.11. The highest BCUT2D eigenvalue weighted by atomic mass is 16.6. The van der Waals surface area contributed by atoms with Gasteiger partial charge in [0, 0.05) is 23.9 Å². The van der Waals surface area contributed by atoms with E-state index in [1.54, 1.807) is 42.4 Å². The van der Waals surface area contributed by atoms with Crippen LogP contribution in [0.25, 0.3) is 11.1 Å². The number of nitro groups is 1. The van der Waals surface area contributed by atoms with Gasteiger partial charge in [0.25, 0.3) is 5.69 Å². The van der Waals surface area contributed by atoms with Gasteiger partial charge in [-0.25, -0.2) is 0 Å². The monoisotopic (exact) mass is 339 g/mol. The highest BCUT2D eigenvalue weighted by molar-refractivity contribution is 5.63. The molecule has 0 radical (unpaired) electrons. The summed E-state index contributed by atoms with van der Waals surface area (Å²) in [5, 5.41) is 25.3. The molecular formula is C18H17N3O4. The first-order valence-electron chi connectivity index (χ1n) is 7.66. The summed E-state index contributed by atoms with van der Waals surface area (Å²) in [6, 6.07) is 13.5. The second-order valence-electron chi connectivity index (χ2n) is 5.55. The summed E-state index contributed by atoms with van der Waals surface area (Å²) in [6.45, 7) is 0.292. The van der Waals surface area contributed by atoms with E-state index in [9.17, 15) is 15.2 Å². The average molecular weight is 339 g/mol. The summed E-state index contributed by atoms with van der Waals surface area (Å²) < 4.78 is 6.80. The molecule has 1 N–H and O–H groups in total. The Morgan fingerprint density at radius 3 is 2.68 bits per heavy atom. The van der Waals surface area contributed by atoms with Crippen LogP contribution in [0.1, 0.15) is 11.7 Å². The van der Waals surface area contributed by atoms with Crippen LogP contribution >= 0.6 is 0 Å². The van der Waals surface area contributed by atoms with Crippen molar-refractivity contribution in [3.05, 3.63) is 76.6 Å². The van der Waals surface area contributed by atoms with E-state index < -0.39 is 11.0 Å². The van der Waals surface area contributed by atoms with Crippen LogP contribution < -0.4 is 4.74 Å². The van der Waals surface area contributed by atoms with E-state index in [1.165, 1.54) is 12.1 Å². The van der Waals surface area contributed by atoms with Crippen molar-refractivity contribution in [1.82, 2.24) is 9.78 Å². The van der Waals surface area contributed by atoms with Crippen molar-refractivity contribution < 1.29 is 14.8 Å². The van der Waals surface area contributed by atoms with E-state index in [2.05, 4.69) is 5.10 Å². The minimum absolute atomic E-state index is 0.0459. The summed E-state index contributed by atoms with van der Waals surface area (Å²) in [5.41, 5.74) is 2.44. The fourth-order valence-electron chi connectivity index (χ4n) is 2.52. The number of ether oxygens (including phenoxy) is 1. The third kappa shape index (κ3) is 3.84. The largest absolute Gasteiger partial charge is 0.497 e. The topological polar surface area (TPSA) is 90.4 Å². The molecule has 0 aliphatic carbocycles. The number of nitro benzene ring substituents is 1. The molecule has 7 heteroatoms. The van der Waals surface area contributed by atoms with Crippen molar-refractivity contribution in [3.63, 3.8) is 0 Å². The van der Waals surface area contributed by atoms with E-state index >= 15 is 0 Å². The van der Waals surface area contributed by atoms with Crippen molar-refractivity contribution in [3.8, 4) is 16.9 Å². The molecule has 0 amide bonds. The summed E-state index contributed by atoms with van der Waals surface area (Å²) in [7, 11) is 1.58. The van der Waals surface area contributed by atoms with Gasteiger partial charge in [-0.05, 0) is 35.4 Å². The van der Waals surface area contributed by atoms with E-state index in [-0.39, 0.29) is 5.69 Å². The first-order chi connectivity index (χ1) is 12.1. The molecule has 25 heavy (non-hydrogen) atoms. The first kappa shape index (κ1) is 16.7. The number of methoxy groups -OCH3 is 1. The van der Waals surface area contributed by atoms with Crippen LogP contribution in [-0.4, -0.2) is 26.9 Å². The minimum atomic E-state index is -0.722. The number of non-ortho nitro benzene ring substituents is 1. The lowest BCUT2D eigenvalue weighted by Crippen LogP contribution is -2.09. The molecule has 0 aliphatic heterocycles. The van der Waals surface area contributed by atoms with Gasteiger partial charge in [0.1, 0.15) is 5.75 Å². The Morgan fingerprint density at radius 2 is 2.00 bits per heavy atom. The number of nitrogens with zero attached hydrogens (tertiary/aromatic N) is 3. The maximum atomic E-state index is 10.7. The van der Waals surface area contributed by atoms with Crippen molar-refractivity contribution in [2.45, 2.75) is 12.6 Å². The molecule has 2 aromatic carbocycles. The van der Waals surface area contributed by atoms with E-state index in [1.807, 2.05) is 18.2 Å². The Hall–Kier alpha value is -3.19. The Labute approximate surface area is 144 Å². The lowest BCUT2D eigenvalue weighted by Gasteiger charge is -2.12. The van der Waals surface area contributed by atoms with Gasteiger partial charge < -0.3 is 9.84 Å². The van der Waals surface area contributed by atoms with Gasteiger partial charge in [0.2, 0.25) is 0 Å². The number of hydrogen-bond acceptors (Lipinski definition) is 5. The Balaban J connectivity index is 1.73. The number of benzene rings is 2. The SMILES string of the molecule is COc1cccc([C@@H](O)Cn2cc(-c3ccc([N+](=O)[O-])cc3)cn2)c1. The predicted octanol–water partition coefficient (Wildman–Crippen LogP) is 3.20. The second-order valence-corrected chi connectivity index (χ2v) is 5.55. The van der Waals surface area contributed by atoms with E-state index in [0.717, 1.165) is 16.7 Å². The molecule has 0 aliphatic rings. The van der Waals surface area contributed by atoms with Crippen LogP contribution in [0.5, 0.6) is 5.75 Å². The molecule has 1 atom stereocenters. The molecule has 7 nitrogen and oxygen atoms in total.